The van der Waals surface area contributed by atoms with E-state index in [1.807, 2.05) is 0 Å². The van der Waals surface area contributed by atoms with Gasteiger partial charge in [-0.2, -0.15) is 0 Å². The molecule has 0 radical (unpaired) electrons. The molecule has 0 aromatic heterocycles. The highest BCUT2D eigenvalue weighted by Crippen LogP contribution is 2.21. The summed E-state index contributed by atoms with van der Waals surface area (Å²) in [4.78, 5) is 12.1. The molecule has 0 spiro atoms. The van der Waals surface area contributed by atoms with Crippen LogP contribution in [-0.2, 0) is 9.53 Å². The van der Waals surface area contributed by atoms with Crippen LogP contribution in [-0.4, -0.2) is 18.8 Å². The number of aryl methyl sites for hydroxylation is 2. The average molecular weight is 224 g/mol. The molecule has 2 nitrogen and oxygen atoms in total. The minimum atomic E-state index is -0.147. The van der Waals surface area contributed by atoms with Gasteiger partial charge < -0.3 is 4.74 Å². The smallest absolute Gasteiger partial charge is 0.306 e. The Bertz CT molecular complexity index is 347. The van der Waals surface area contributed by atoms with Crippen LogP contribution in [0.15, 0.2) is 23.1 Å². The molecule has 0 saturated heterocycles. The van der Waals surface area contributed by atoms with Crippen molar-refractivity contribution in [3.05, 3.63) is 29.3 Å². The Morgan fingerprint density at radius 2 is 2.07 bits per heavy atom. The largest absolute Gasteiger partial charge is 0.469 e. The van der Waals surface area contributed by atoms with Crippen LogP contribution in [0.5, 0.6) is 0 Å². The third-order valence-corrected chi connectivity index (χ3v) is 3.28. The highest BCUT2D eigenvalue weighted by atomic mass is 32.2. The van der Waals surface area contributed by atoms with Crippen LogP contribution >= 0.6 is 11.8 Å². The third kappa shape index (κ3) is 3.96. The summed E-state index contributed by atoms with van der Waals surface area (Å²) >= 11 is 1.69. The first-order chi connectivity index (χ1) is 7.13. The second-order valence-corrected chi connectivity index (χ2v) is 4.59. The number of rotatable bonds is 4. The second-order valence-electron chi connectivity index (χ2n) is 3.42. The van der Waals surface area contributed by atoms with Gasteiger partial charge in [0.05, 0.1) is 13.5 Å². The summed E-state index contributed by atoms with van der Waals surface area (Å²) in [5.41, 5.74) is 2.59. The molecular formula is C12H16O2S. The number of hydrogen-bond acceptors (Lipinski definition) is 3. The first kappa shape index (κ1) is 12.1. The Balaban J connectivity index is 2.44. The molecule has 0 atom stereocenters. The van der Waals surface area contributed by atoms with E-state index >= 15 is 0 Å². The molecule has 0 N–H and O–H groups in total. The molecule has 0 aliphatic carbocycles. The Morgan fingerprint density at radius 1 is 1.33 bits per heavy atom. The van der Waals surface area contributed by atoms with Gasteiger partial charge in [0.15, 0.2) is 0 Å². The number of hydrogen-bond donors (Lipinski definition) is 0. The van der Waals surface area contributed by atoms with E-state index in [2.05, 4.69) is 36.8 Å². The van der Waals surface area contributed by atoms with Gasteiger partial charge in [-0.05, 0) is 37.1 Å². The van der Waals surface area contributed by atoms with Gasteiger partial charge in [0.1, 0.15) is 0 Å². The average Bonchev–Trinajstić information content (AvgIpc) is 2.23. The topological polar surface area (TPSA) is 26.3 Å². The predicted molar refractivity (Wildman–Crippen MR) is 63.3 cm³/mol. The summed E-state index contributed by atoms with van der Waals surface area (Å²) in [7, 11) is 1.42. The molecule has 1 rings (SSSR count). The molecule has 0 bridgehead atoms. The number of esters is 1. The maximum absolute atomic E-state index is 10.9. The quantitative estimate of drug-likeness (QED) is 0.581. The van der Waals surface area contributed by atoms with Crippen LogP contribution in [0.4, 0.5) is 0 Å². The Morgan fingerprint density at radius 3 is 2.67 bits per heavy atom. The zero-order valence-corrected chi connectivity index (χ0v) is 10.2. The standard InChI is InChI=1S/C12H16O2S/c1-9-4-5-11(8-10(9)2)15-7-6-12(13)14-3/h4-5,8H,6-7H2,1-3H3. The fraction of sp³-hybridized carbons (Fsp3) is 0.417. The highest BCUT2D eigenvalue weighted by molar-refractivity contribution is 7.99. The van der Waals surface area contributed by atoms with Crippen molar-refractivity contribution in [1.29, 1.82) is 0 Å². The lowest BCUT2D eigenvalue weighted by Gasteiger charge is -2.04. The molecule has 0 aliphatic heterocycles. The van der Waals surface area contributed by atoms with Crippen molar-refractivity contribution in [3.63, 3.8) is 0 Å². The lowest BCUT2D eigenvalue weighted by Crippen LogP contribution is -2.00. The van der Waals surface area contributed by atoms with Crippen molar-refractivity contribution < 1.29 is 9.53 Å². The van der Waals surface area contributed by atoms with Crippen LogP contribution in [0.2, 0.25) is 0 Å². The molecule has 0 saturated carbocycles. The number of thioether (sulfide) groups is 1. The van der Waals surface area contributed by atoms with Crippen molar-refractivity contribution in [3.8, 4) is 0 Å². The maximum atomic E-state index is 10.9. The SMILES string of the molecule is COC(=O)CCSc1ccc(C)c(C)c1. The summed E-state index contributed by atoms with van der Waals surface area (Å²) in [6, 6.07) is 6.34. The fourth-order valence-electron chi connectivity index (χ4n) is 1.16. The number of carbonyl (C=O) groups is 1. The van der Waals surface area contributed by atoms with Gasteiger partial charge in [0, 0.05) is 10.6 Å². The molecule has 82 valence electrons. The molecule has 3 heteroatoms. The lowest BCUT2D eigenvalue weighted by atomic mass is 10.1. The minimum absolute atomic E-state index is 0.147. The maximum Gasteiger partial charge on any atom is 0.306 e. The summed E-state index contributed by atoms with van der Waals surface area (Å²) in [6.45, 7) is 4.19. The van der Waals surface area contributed by atoms with E-state index in [-0.39, 0.29) is 5.97 Å². The molecule has 0 unspecified atom stereocenters. The molecule has 15 heavy (non-hydrogen) atoms. The summed E-state index contributed by atoms with van der Waals surface area (Å²) < 4.78 is 4.58. The van der Waals surface area contributed by atoms with Gasteiger partial charge in [0.25, 0.3) is 0 Å². The van der Waals surface area contributed by atoms with Gasteiger partial charge >= 0.3 is 5.97 Å². The van der Waals surface area contributed by atoms with E-state index in [1.165, 1.54) is 23.1 Å². The molecule has 1 aromatic carbocycles. The van der Waals surface area contributed by atoms with Gasteiger partial charge in [-0.25, -0.2) is 0 Å². The van der Waals surface area contributed by atoms with Crippen LogP contribution in [0, 0.1) is 13.8 Å². The molecule has 0 amide bonds. The van der Waals surface area contributed by atoms with Gasteiger partial charge in [-0.3, -0.25) is 4.79 Å². The zero-order valence-electron chi connectivity index (χ0n) is 9.37. The number of ether oxygens (including phenoxy) is 1. The second kappa shape index (κ2) is 5.81. The number of carbonyl (C=O) groups excluding carboxylic acids is 1. The van der Waals surface area contributed by atoms with Crippen molar-refractivity contribution >= 4 is 17.7 Å². The van der Waals surface area contributed by atoms with Crippen LogP contribution < -0.4 is 0 Å². The van der Waals surface area contributed by atoms with Crippen molar-refractivity contribution in [2.45, 2.75) is 25.2 Å². The van der Waals surface area contributed by atoms with Crippen molar-refractivity contribution in [1.82, 2.24) is 0 Å². The first-order valence-corrected chi connectivity index (χ1v) is 5.89. The van der Waals surface area contributed by atoms with Crippen LogP contribution in [0.3, 0.4) is 0 Å². The van der Waals surface area contributed by atoms with Crippen LogP contribution in [0.1, 0.15) is 17.5 Å². The molecule has 0 heterocycles. The summed E-state index contributed by atoms with van der Waals surface area (Å²) in [6.07, 6.45) is 0.466. The normalized spacial score (nSPS) is 10.1. The van der Waals surface area contributed by atoms with E-state index < -0.39 is 0 Å². The van der Waals surface area contributed by atoms with E-state index in [1.54, 1.807) is 11.8 Å². The zero-order chi connectivity index (χ0) is 11.3. The Kier molecular flexibility index (Phi) is 4.69. The molecular weight excluding hydrogens is 208 g/mol. The Hall–Kier alpha value is -0.960. The predicted octanol–water partition coefficient (Wildman–Crippen LogP) is 2.96. The molecule has 0 fully saturated rings. The van der Waals surface area contributed by atoms with E-state index in [0.29, 0.717) is 6.42 Å². The van der Waals surface area contributed by atoms with Gasteiger partial charge in [-0.15, -0.1) is 11.8 Å². The van der Waals surface area contributed by atoms with Gasteiger partial charge in [-0.1, -0.05) is 6.07 Å². The highest BCUT2D eigenvalue weighted by Gasteiger charge is 2.01. The lowest BCUT2D eigenvalue weighted by molar-refractivity contribution is -0.140. The van der Waals surface area contributed by atoms with Gasteiger partial charge in [0.2, 0.25) is 0 Å². The monoisotopic (exact) mass is 224 g/mol. The summed E-state index contributed by atoms with van der Waals surface area (Å²) in [5, 5.41) is 0. The fourth-order valence-corrected chi connectivity index (χ4v) is 2.09. The van der Waals surface area contributed by atoms with Crippen LogP contribution in [0.25, 0.3) is 0 Å². The van der Waals surface area contributed by atoms with E-state index in [4.69, 9.17) is 0 Å². The van der Waals surface area contributed by atoms with E-state index in [9.17, 15) is 4.79 Å². The minimum Gasteiger partial charge on any atom is -0.469 e. The van der Waals surface area contributed by atoms with Crippen molar-refractivity contribution in [2.75, 3.05) is 12.9 Å². The third-order valence-electron chi connectivity index (χ3n) is 2.28. The Labute approximate surface area is 95.0 Å². The first-order valence-electron chi connectivity index (χ1n) is 4.90. The van der Waals surface area contributed by atoms with E-state index in [0.717, 1.165) is 5.75 Å². The molecule has 1 aromatic rings. The summed E-state index contributed by atoms with van der Waals surface area (Å²) in [5.74, 6) is 0.626. The number of benzene rings is 1. The molecule has 0 aliphatic rings. The van der Waals surface area contributed by atoms with Crippen molar-refractivity contribution in [2.24, 2.45) is 0 Å². The number of methoxy groups -OCH3 is 1.